The molecule has 0 amide bonds. The maximum absolute atomic E-state index is 5.56. The fraction of sp³-hybridized carbons (Fsp3) is 0.364. The highest BCUT2D eigenvalue weighted by atomic mass is 79.9. The summed E-state index contributed by atoms with van der Waals surface area (Å²) in [5.41, 5.74) is 2.79. The topological polar surface area (TPSA) is 81.7 Å². The molecule has 1 aromatic heterocycles. The summed E-state index contributed by atoms with van der Waals surface area (Å²) in [5, 5.41) is 11.9. The summed E-state index contributed by atoms with van der Waals surface area (Å²) in [6, 6.07) is 8.30. The van der Waals surface area contributed by atoms with Crippen molar-refractivity contribution in [1.82, 2.24) is 25.6 Å². The Morgan fingerprint density at radius 2 is 2.16 bits per heavy atom. The lowest BCUT2D eigenvalue weighted by molar-refractivity contribution is 0.558. The number of thioether (sulfide) groups is 1. The van der Waals surface area contributed by atoms with Crippen LogP contribution in [0, 0.1) is 0 Å². The Hall–Kier alpha value is -0.960. The van der Waals surface area contributed by atoms with Gasteiger partial charge in [-0.3, -0.25) is 11.3 Å². The first kappa shape index (κ1) is 14.4. The van der Waals surface area contributed by atoms with E-state index in [1.807, 2.05) is 12.1 Å². The Balaban J connectivity index is 1.87. The minimum atomic E-state index is 0.109. The molecule has 6 nitrogen and oxygen atoms in total. The number of hydrogen-bond acceptors (Lipinski definition) is 6. The summed E-state index contributed by atoms with van der Waals surface area (Å²) in [7, 11) is 1.75. The minimum absolute atomic E-state index is 0.109. The van der Waals surface area contributed by atoms with Gasteiger partial charge in [0.25, 0.3) is 0 Å². The van der Waals surface area contributed by atoms with Gasteiger partial charge in [-0.1, -0.05) is 15.9 Å². The van der Waals surface area contributed by atoms with Crippen molar-refractivity contribution in [3.05, 3.63) is 34.6 Å². The van der Waals surface area contributed by atoms with Crippen molar-refractivity contribution in [1.29, 1.82) is 0 Å². The minimum Gasteiger partial charge on any atom is -0.271 e. The standard InChI is InChI=1S/C11H15BrN6S/c1-18-16-11(15-17-18)6-9(14-13)7-19-10-4-2-8(12)3-5-10/h2-5,9,14H,6-7,13H2,1H3. The van der Waals surface area contributed by atoms with E-state index in [1.165, 1.54) is 9.69 Å². The quantitative estimate of drug-likeness (QED) is 0.465. The zero-order chi connectivity index (χ0) is 13.7. The van der Waals surface area contributed by atoms with Gasteiger partial charge in [-0.05, 0) is 29.5 Å². The summed E-state index contributed by atoms with van der Waals surface area (Å²) in [6.07, 6.45) is 0.661. The predicted molar refractivity (Wildman–Crippen MR) is 78.5 cm³/mol. The number of tetrazole rings is 1. The molecule has 8 heteroatoms. The van der Waals surface area contributed by atoms with Crippen molar-refractivity contribution in [2.24, 2.45) is 12.9 Å². The molecule has 0 aliphatic rings. The van der Waals surface area contributed by atoms with E-state index in [4.69, 9.17) is 5.84 Å². The second kappa shape index (κ2) is 6.99. The van der Waals surface area contributed by atoms with Crippen LogP contribution in [0.3, 0.4) is 0 Å². The molecule has 2 aromatic rings. The van der Waals surface area contributed by atoms with Gasteiger partial charge in [0, 0.05) is 27.6 Å². The smallest absolute Gasteiger partial charge is 0.176 e. The van der Waals surface area contributed by atoms with E-state index in [2.05, 4.69) is 48.9 Å². The first-order valence-corrected chi connectivity index (χ1v) is 7.52. The SMILES string of the molecule is Cn1nnc(CC(CSc2ccc(Br)cc2)NN)n1. The number of aryl methyl sites for hydroxylation is 1. The van der Waals surface area contributed by atoms with Gasteiger partial charge in [-0.25, -0.2) is 0 Å². The largest absolute Gasteiger partial charge is 0.271 e. The molecule has 0 fully saturated rings. The van der Waals surface area contributed by atoms with Crippen molar-refractivity contribution in [2.45, 2.75) is 17.4 Å². The molecule has 0 saturated carbocycles. The Morgan fingerprint density at radius 3 is 2.74 bits per heavy atom. The molecule has 0 radical (unpaired) electrons. The summed E-state index contributed by atoms with van der Waals surface area (Å²) in [6.45, 7) is 0. The van der Waals surface area contributed by atoms with Crippen LogP contribution in [0.1, 0.15) is 5.82 Å². The molecule has 0 spiro atoms. The Kier molecular flexibility index (Phi) is 5.32. The van der Waals surface area contributed by atoms with Crippen LogP contribution in [-0.4, -0.2) is 32.0 Å². The number of nitrogens with one attached hydrogen (secondary N) is 1. The number of rotatable bonds is 6. The number of hydrazine groups is 1. The lowest BCUT2D eigenvalue weighted by Gasteiger charge is -2.13. The third kappa shape index (κ3) is 4.57. The van der Waals surface area contributed by atoms with Crippen LogP contribution in [0.4, 0.5) is 0 Å². The van der Waals surface area contributed by atoms with E-state index >= 15 is 0 Å². The Bertz CT molecular complexity index is 514. The number of halogens is 1. The van der Waals surface area contributed by atoms with Gasteiger partial charge >= 0.3 is 0 Å². The molecule has 102 valence electrons. The van der Waals surface area contributed by atoms with Gasteiger partial charge < -0.3 is 0 Å². The third-order valence-corrected chi connectivity index (χ3v) is 4.18. The van der Waals surface area contributed by atoms with Crippen LogP contribution in [0.2, 0.25) is 0 Å². The molecular formula is C11H15BrN6S. The molecule has 19 heavy (non-hydrogen) atoms. The van der Waals surface area contributed by atoms with E-state index in [1.54, 1.807) is 18.8 Å². The molecule has 1 heterocycles. The van der Waals surface area contributed by atoms with Gasteiger partial charge in [0.1, 0.15) is 0 Å². The summed E-state index contributed by atoms with van der Waals surface area (Å²) in [5.74, 6) is 7.10. The fourth-order valence-corrected chi connectivity index (χ4v) is 2.72. The second-order valence-corrected chi connectivity index (χ2v) is 6.04. The molecule has 2 rings (SSSR count). The van der Waals surface area contributed by atoms with E-state index in [-0.39, 0.29) is 6.04 Å². The lowest BCUT2D eigenvalue weighted by atomic mass is 10.2. The monoisotopic (exact) mass is 342 g/mol. The van der Waals surface area contributed by atoms with Crippen molar-refractivity contribution >= 4 is 27.7 Å². The van der Waals surface area contributed by atoms with Gasteiger partial charge in [-0.15, -0.1) is 22.0 Å². The predicted octanol–water partition coefficient (Wildman–Crippen LogP) is 1.14. The van der Waals surface area contributed by atoms with E-state index in [0.29, 0.717) is 12.2 Å². The summed E-state index contributed by atoms with van der Waals surface area (Å²) < 4.78 is 1.08. The van der Waals surface area contributed by atoms with E-state index in [0.717, 1.165) is 10.2 Å². The maximum Gasteiger partial charge on any atom is 0.176 e. The van der Waals surface area contributed by atoms with Crippen LogP contribution in [0.25, 0.3) is 0 Å². The Morgan fingerprint density at radius 1 is 1.42 bits per heavy atom. The van der Waals surface area contributed by atoms with Crippen LogP contribution in [-0.2, 0) is 13.5 Å². The number of aromatic nitrogens is 4. The molecular weight excluding hydrogens is 328 g/mol. The van der Waals surface area contributed by atoms with Crippen LogP contribution in [0.5, 0.6) is 0 Å². The molecule has 0 saturated heterocycles. The van der Waals surface area contributed by atoms with Gasteiger partial charge in [0.2, 0.25) is 0 Å². The van der Waals surface area contributed by atoms with Crippen LogP contribution in [0.15, 0.2) is 33.6 Å². The normalized spacial score (nSPS) is 12.6. The van der Waals surface area contributed by atoms with Gasteiger partial charge in [-0.2, -0.15) is 4.80 Å². The third-order valence-electron chi connectivity index (χ3n) is 2.48. The molecule has 1 atom stereocenters. The molecule has 1 aromatic carbocycles. The first-order chi connectivity index (χ1) is 9.17. The molecule has 0 aliphatic heterocycles. The second-order valence-electron chi connectivity index (χ2n) is 4.03. The number of hydrogen-bond donors (Lipinski definition) is 2. The number of nitrogens with two attached hydrogens (primary N) is 1. The Labute approximate surface area is 124 Å². The summed E-state index contributed by atoms with van der Waals surface area (Å²) >= 11 is 5.16. The highest BCUT2D eigenvalue weighted by molar-refractivity contribution is 9.10. The molecule has 3 N–H and O–H groups in total. The average Bonchev–Trinajstić information content (AvgIpc) is 2.82. The first-order valence-electron chi connectivity index (χ1n) is 5.74. The molecule has 1 unspecified atom stereocenters. The van der Waals surface area contributed by atoms with Crippen molar-refractivity contribution in [2.75, 3.05) is 5.75 Å². The van der Waals surface area contributed by atoms with Crippen molar-refractivity contribution in [3.63, 3.8) is 0 Å². The zero-order valence-electron chi connectivity index (χ0n) is 10.5. The summed E-state index contributed by atoms with van der Waals surface area (Å²) in [4.78, 5) is 2.65. The van der Waals surface area contributed by atoms with Crippen molar-refractivity contribution < 1.29 is 0 Å². The maximum atomic E-state index is 5.56. The van der Waals surface area contributed by atoms with E-state index in [9.17, 15) is 0 Å². The van der Waals surface area contributed by atoms with Crippen LogP contribution >= 0.6 is 27.7 Å². The number of nitrogens with zero attached hydrogens (tertiary/aromatic N) is 4. The molecule has 0 bridgehead atoms. The molecule has 0 aliphatic carbocycles. The number of benzene rings is 1. The lowest BCUT2D eigenvalue weighted by Crippen LogP contribution is -2.39. The average molecular weight is 343 g/mol. The fourth-order valence-electron chi connectivity index (χ4n) is 1.52. The zero-order valence-corrected chi connectivity index (χ0v) is 12.9. The van der Waals surface area contributed by atoms with E-state index < -0.39 is 0 Å². The van der Waals surface area contributed by atoms with Gasteiger partial charge in [0.15, 0.2) is 5.82 Å². The highest BCUT2D eigenvalue weighted by Crippen LogP contribution is 2.21. The van der Waals surface area contributed by atoms with Crippen molar-refractivity contribution in [3.8, 4) is 0 Å². The van der Waals surface area contributed by atoms with Crippen LogP contribution < -0.4 is 11.3 Å². The highest BCUT2D eigenvalue weighted by Gasteiger charge is 2.12. The van der Waals surface area contributed by atoms with Gasteiger partial charge in [0.05, 0.1) is 7.05 Å².